The van der Waals surface area contributed by atoms with Gasteiger partial charge in [0.25, 0.3) is 0 Å². The van der Waals surface area contributed by atoms with Gasteiger partial charge in [-0.1, -0.05) is 0 Å². The summed E-state index contributed by atoms with van der Waals surface area (Å²) < 4.78 is 0.752. The molecule has 0 saturated carbocycles. The number of aromatic nitrogens is 5. The van der Waals surface area contributed by atoms with Crippen LogP contribution >= 0.6 is 27.7 Å². The molecule has 0 radical (unpaired) electrons. The quantitative estimate of drug-likeness (QED) is 0.844. The molecule has 2 aromatic heterocycles. The Labute approximate surface area is 92.9 Å². The standard InChI is InChI=1S/C7H6BrN5S/c1-4-11-7(13-12-4)14-6-2-5(8)9-3-10-6/h2-3H,1H3,(H,11,12,13). The third-order valence-corrected chi connectivity index (χ3v) is 2.61. The zero-order valence-electron chi connectivity index (χ0n) is 7.23. The zero-order chi connectivity index (χ0) is 9.97. The zero-order valence-corrected chi connectivity index (χ0v) is 9.63. The second kappa shape index (κ2) is 4.05. The van der Waals surface area contributed by atoms with Crippen molar-refractivity contribution in [3.05, 3.63) is 22.8 Å². The van der Waals surface area contributed by atoms with Gasteiger partial charge in [-0.3, -0.25) is 5.10 Å². The fraction of sp³-hybridized carbons (Fsp3) is 0.143. The lowest BCUT2D eigenvalue weighted by Gasteiger charge is -1.94. The smallest absolute Gasteiger partial charge is 0.214 e. The molecular weight excluding hydrogens is 266 g/mol. The van der Waals surface area contributed by atoms with Gasteiger partial charge in [-0.05, 0) is 34.6 Å². The molecule has 0 fully saturated rings. The summed E-state index contributed by atoms with van der Waals surface area (Å²) in [5.41, 5.74) is 0. The minimum Gasteiger partial charge on any atom is -0.262 e. The Morgan fingerprint density at radius 3 is 2.93 bits per heavy atom. The Hall–Kier alpha value is -0.950. The van der Waals surface area contributed by atoms with E-state index in [-0.39, 0.29) is 0 Å². The molecule has 2 aromatic rings. The van der Waals surface area contributed by atoms with Crippen molar-refractivity contribution in [2.75, 3.05) is 0 Å². The molecule has 5 nitrogen and oxygen atoms in total. The fourth-order valence-electron chi connectivity index (χ4n) is 0.835. The Morgan fingerprint density at radius 1 is 1.43 bits per heavy atom. The van der Waals surface area contributed by atoms with Crippen LogP contribution in [0.1, 0.15) is 5.82 Å². The summed E-state index contributed by atoms with van der Waals surface area (Å²) in [6, 6.07) is 1.82. The van der Waals surface area contributed by atoms with E-state index >= 15 is 0 Å². The Morgan fingerprint density at radius 2 is 2.29 bits per heavy atom. The van der Waals surface area contributed by atoms with Gasteiger partial charge in [0.15, 0.2) is 0 Å². The molecule has 14 heavy (non-hydrogen) atoms. The molecule has 0 amide bonds. The van der Waals surface area contributed by atoms with Crippen molar-refractivity contribution < 1.29 is 0 Å². The number of H-pyrrole nitrogens is 1. The summed E-state index contributed by atoms with van der Waals surface area (Å²) in [5.74, 6) is 0.792. The second-order valence-corrected chi connectivity index (χ2v) is 4.28. The number of hydrogen-bond donors (Lipinski definition) is 1. The van der Waals surface area contributed by atoms with Crippen LogP contribution in [0.15, 0.2) is 27.2 Å². The highest BCUT2D eigenvalue weighted by Gasteiger charge is 2.04. The summed E-state index contributed by atoms with van der Waals surface area (Å²) in [4.78, 5) is 12.2. The van der Waals surface area contributed by atoms with Gasteiger partial charge in [-0.15, -0.1) is 5.10 Å². The first-order valence-electron chi connectivity index (χ1n) is 3.78. The van der Waals surface area contributed by atoms with E-state index < -0.39 is 0 Å². The van der Waals surface area contributed by atoms with Crippen LogP contribution in [0, 0.1) is 6.92 Å². The number of hydrogen-bond acceptors (Lipinski definition) is 5. The van der Waals surface area contributed by atoms with Crippen LogP contribution in [0.3, 0.4) is 0 Å². The van der Waals surface area contributed by atoms with Gasteiger partial charge < -0.3 is 0 Å². The average Bonchev–Trinajstić information content (AvgIpc) is 2.51. The molecule has 0 saturated heterocycles. The largest absolute Gasteiger partial charge is 0.262 e. The van der Waals surface area contributed by atoms with Crippen LogP contribution in [0.2, 0.25) is 0 Å². The van der Waals surface area contributed by atoms with Crippen molar-refractivity contribution >= 4 is 27.7 Å². The van der Waals surface area contributed by atoms with E-state index in [9.17, 15) is 0 Å². The van der Waals surface area contributed by atoms with Crippen LogP contribution < -0.4 is 0 Å². The predicted octanol–water partition coefficient (Wildman–Crippen LogP) is 1.82. The van der Waals surface area contributed by atoms with Crippen LogP contribution in [0.5, 0.6) is 0 Å². The summed E-state index contributed by atoms with van der Waals surface area (Å²) in [7, 11) is 0. The topological polar surface area (TPSA) is 67.3 Å². The Bertz CT molecular complexity index is 443. The van der Waals surface area contributed by atoms with E-state index in [0.717, 1.165) is 15.5 Å². The molecule has 0 atom stereocenters. The molecular formula is C7H6BrN5S. The monoisotopic (exact) mass is 271 g/mol. The lowest BCUT2D eigenvalue weighted by molar-refractivity contribution is 0.958. The van der Waals surface area contributed by atoms with E-state index in [1.807, 2.05) is 13.0 Å². The van der Waals surface area contributed by atoms with E-state index in [2.05, 4.69) is 41.1 Å². The first-order chi connectivity index (χ1) is 6.74. The Kier molecular flexibility index (Phi) is 2.78. The SMILES string of the molecule is Cc1nc(Sc2cc(Br)ncn2)n[nH]1. The summed E-state index contributed by atoms with van der Waals surface area (Å²) in [5, 5.41) is 8.23. The van der Waals surface area contributed by atoms with Crippen molar-refractivity contribution in [1.29, 1.82) is 0 Å². The number of aromatic amines is 1. The maximum absolute atomic E-state index is 4.16. The molecule has 0 aromatic carbocycles. The molecule has 0 aliphatic heterocycles. The third-order valence-electron chi connectivity index (χ3n) is 1.38. The number of nitrogens with zero attached hydrogens (tertiary/aromatic N) is 4. The fourth-order valence-corrected chi connectivity index (χ4v) is 2.03. The van der Waals surface area contributed by atoms with Crippen molar-refractivity contribution in [3.63, 3.8) is 0 Å². The van der Waals surface area contributed by atoms with E-state index in [0.29, 0.717) is 5.16 Å². The van der Waals surface area contributed by atoms with E-state index in [1.165, 1.54) is 18.1 Å². The lowest BCUT2D eigenvalue weighted by Crippen LogP contribution is -1.83. The predicted molar refractivity (Wildman–Crippen MR) is 55.0 cm³/mol. The number of rotatable bonds is 2. The van der Waals surface area contributed by atoms with Gasteiger partial charge in [0.2, 0.25) is 5.16 Å². The minimum atomic E-state index is 0.660. The summed E-state index contributed by atoms with van der Waals surface area (Å²) >= 11 is 4.66. The maximum Gasteiger partial charge on any atom is 0.214 e. The Balaban J connectivity index is 2.18. The molecule has 7 heteroatoms. The first-order valence-corrected chi connectivity index (χ1v) is 5.39. The highest BCUT2D eigenvalue weighted by Crippen LogP contribution is 2.23. The van der Waals surface area contributed by atoms with Crippen molar-refractivity contribution in [2.45, 2.75) is 17.1 Å². The average molecular weight is 272 g/mol. The van der Waals surface area contributed by atoms with Crippen LogP contribution in [-0.2, 0) is 0 Å². The van der Waals surface area contributed by atoms with Crippen molar-refractivity contribution in [2.24, 2.45) is 0 Å². The highest BCUT2D eigenvalue weighted by atomic mass is 79.9. The molecule has 0 bridgehead atoms. The van der Waals surface area contributed by atoms with Crippen molar-refractivity contribution in [3.8, 4) is 0 Å². The summed E-state index contributed by atoms with van der Waals surface area (Å²) in [6.45, 7) is 1.85. The minimum absolute atomic E-state index is 0.660. The summed E-state index contributed by atoms with van der Waals surface area (Å²) in [6.07, 6.45) is 1.49. The van der Waals surface area contributed by atoms with Gasteiger partial charge in [-0.2, -0.15) is 0 Å². The molecule has 1 N–H and O–H groups in total. The molecule has 72 valence electrons. The number of aryl methyl sites for hydroxylation is 1. The molecule has 0 aliphatic rings. The van der Waals surface area contributed by atoms with Gasteiger partial charge >= 0.3 is 0 Å². The molecule has 0 unspecified atom stereocenters. The third kappa shape index (κ3) is 2.30. The van der Waals surface area contributed by atoms with Crippen LogP contribution in [-0.4, -0.2) is 25.1 Å². The van der Waals surface area contributed by atoms with E-state index in [4.69, 9.17) is 0 Å². The van der Waals surface area contributed by atoms with Gasteiger partial charge in [0.05, 0.1) is 0 Å². The van der Waals surface area contributed by atoms with Crippen LogP contribution in [0.25, 0.3) is 0 Å². The van der Waals surface area contributed by atoms with Gasteiger partial charge in [0.1, 0.15) is 21.8 Å². The molecule has 0 spiro atoms. The van der Waals surface area contributed by atoms with Gasteiger partial charge in [0, 0.05) is 6.07 Å². The number of halogens is 1. The van der Waals surface area contributed by atoms with Crippen LogP contribution in [0.4, 0.5) is 0 Å². The van der Waals surface area contributed by atoms with Gasteiger partial charge in [-0.25, -0.2) is 15.0 Å². The molecule has 2 rings (SSSR count). The normalized spacial score (nSPS) is 10.4. The second-order valence-electron chi connectivity index (χ2n) is 2.48. The maximum atomic E-state index is 4.16. The molecule has 2 heterocycles. The van der Waals surface area contributed by atoms with Crippen molar-refractivity contribution in [1.82, 2.24) is 25.1 Å². The highest BCUT2D eigenvalue weighted by molar-refractivity contribution is 9.10. The first kappa shape index (κ1) is 9.60. The molecule has 0 aliphatic carbocycles. The number of nitrogens with one attached hydrogen (secondary N) is 1. The lowest BCUT2D eigenvalue weighted by atomic mass is 10.7. The van der Waals surface area contributed by atoms with E-state index in [1.54, 1.807) is 0 Å².